The lowest BCUT2D eigenvalue weighted by atomic mass is 10.1. The van der Waals surface area contributed by atoms with Gasteiger partial charge in [0.25, 0.3) is 10.0 Å². The molecule has 8 heteroatoms. The number of hydrogen-bond acceptors (Lipinski definition) is 4. The van der Waals surface area contributed by atoms with Gasteiger partial charge in [-0.15, -0.1) is 0 Å². The number of nitrogens with zero attached hydrogens (tertiary/aromatic N) is 3. The van der Waals surface area contributed by atoms with Crippen LogP contribution in [0.15, 0.2) is 108 Å². The largest absolute Gasteiger partial charge is 0.325 e. The molecule has 4 aromatic carbocycles. The molecule has 0 saturated carbocycles. The SMILES string of the molecule is Cc1cccc(N(CC(=O)Nc2ccc(-n3cccn3)cc2)S(=O)(=O)c2cccc3ccccc23)c1C. The number of nitrogens with one attached hydrogen (secondary N) is 1. The van der Waals surface area contributed by atoms with E-state index in [0.29, 0.717) is 16.8 Å². The van der Waals surface area contributed by atoms with Crippen LogP contribution in [-0.4, -0.2) is 30.7 Å². The number of hydrogen-bond donors (Lipinski definition) is 1. The van der Waals surface area contributed by atoms with Gasteiger partial charge in [0.15, 0.2) is 0 Å². The number of benzene rings is 4. The molecule has 0 aliphatic carbocycles. The molecule has 0 atom stereocenters. The van der Waals surface area contributed by atoms with Crippen LogP contribution in [0.3, 0.4) is 0 Å². The van der Waals surface area contributed by atoms with E-state index in [1.54, 1.807) is 53.3 Å². The fourth-order valence-corrected chi connectivity index (χ4v) is 5.99. The first kappa shape index (κ1) is 24.3. The molecule has 1 N–H and O–H groups in total. The van der Waals surface area contributed by atoms with Crippen molar-refractivity contribution in [3.05, 3.63) is 115 Å². The van der Waals surface area contributed by atoms with Crippen molar-refractivity contribution in [1.82, 2.24) is 9.78 Å². The Morgan fingerprint density at radius 2 is 1.62 bits per heavy atom. The van der Waals surface area contributed by atoms with E-state index in [-0.39, 0.29) is 11.4 Å². The maximum atomic E-state index is 14.1. The highest BCUT2D eigenvalue weighted by Gasteiger charge is 2.30. The Morgan fingerprint density at radius 1 is 0.892 bits per heavy atom. The summed E-state index contributed by atoms with van der Waals surface area (Å²) in [7, 11) is -4.08. The molecule has 0 unspecified atom stereocenters. The molecule has 0 bridgehead atoms. The fourth-order valence-electron chi connectivity index (χ4n) is 4.29. The zero-order valence-corrected chi connectivity index (χ0v) is 21.3. The number of aryl methyl sites for hydroxylation is 1. The Labute approximate surface area is 216 Å². The molecule has 186 valence electrons. The zero-order valence-electron chi connectivity index (χ0n) is 20.5. The second kappa shape index (κ2) is 9.91. The Morgan fingerprint density at radius 3 is 2.38 bits per heavy atom. The summed E-state index contributed by atoms with van der Waals surface area (Å²) in [5, 5.41) is 8.45. The van der Waals surface area contributed by atoms with Gasteiger partial charge in [-0.05, 0) is 72.8 Å². The highest BCUT2D eigenvalue weighted by atomic mass is 32.2. The molecular weight excluding hydrogens is 484 g/mol. The Hall–Kier alpha value is -4.43. The Bertz CT molecular complexity index is 1670. The molecular formula is C29H26N4O3S. The number of rotatable bonds is 7. The molecule has 0 saturated heterocycles. The molecule has 0 aliphatic heterocycles. The molecule has 5 aromatic rings. The van der Waals surface area contributed by atoms with Crippen LogP contribution in [0.5, 0.6) is 0 Å². The summed E-state index contributed by atoms with van der Waals surface area (Å²) in [4.78, 5) is 13.4. The van der Waals surface area contributed by atoms with Gasteiger partial charge in [0.1, 0.15) is 6.54 Å². The van der Waals surface area contributed by atoms with Gasteiger partial charge in [0.2, 0.25) is 5.91 Å². The lowest BCUT2D eigenvalue weighted by Gasteiger charge is -2.27. The summed E-state index contributed by atoms with van der Waals surface area (Å²) in [6, 6.07) is 27.0. The van der Waals surface area contributed by atoms with Crippen molar-refractivity contribution in [3.63, 3.8) is 0 Å². The second-order valence-electron chi connectivity index (χ2n) is 8.75. The predicted molar refractivity (Wildman–Crippen MR) is 147 cm³/mol. The number of aromatic nitrogens is 2. The van der Waals surface area contributed by atoms with Gasteiger partial charge in [-0.2, -0.15) is 5.10 Å². The number of fused-ring (bicyclic) bond motifs is 1. The average Bonchev–Trinajstić information content (AvgIpc) is 3.44. The minimum absolute atomic E-state index is 0.155. The van der Waals surface area contributed by atoms with Crippen molar-refractivity contribution in [2.24, 2.45) is 0 Å². The van der Waals surface area contributed by atoms with Crippen LogP contribution in [-0.2, 0) is 14.8 Å². The average molecular weight is 511 g/mol. The monoisotopic (exact) mass is 510 g/mol. The highest BCUT2D eigenvalue weighted by molar-refractivity contribution is 7.93. The molecule has 0 spiro atoms. The molecule has 1 aromatic heterocycles. The normalized spacial score (nSPS) is 11.4. The van der Waals surface area contributed by atoms with E-state index in [9.17, 15) is 13.2 Å². The van der Waals surface area contributed by atoms with Crippen LogP contribution < -0.4 is 9.62 Å². The van der Waals surface area contributed by atoms with Crippen molar-refractivity contribution < 1.29 is 13.2 Å². The van der Waals surface area contributed by atoms with Gasteiger partial charge in [0, 0.05) is 23.5 Å². The third-order valence-corrected chi connectivity index (χ3v) is 8.19. The Kier molecular flexibility index (Phi) is 6.50. The molecule has 37 heavy (non-hydrogen) atoms. The van der Waals surface area contributed by atoms with Crippen molar-refractivity contribution in [2.75, 3.05) is 16.2 Å². The lowest BCUT2D eigenvalue weighted by molar-refractivity contribution is -0.114. The van der Waals surface area contributed by atoms with Gasteiger partial charge in [-0.3, -0.25) is 9.10 Å². The van der Waals surface area contributed by atoms with Crippen LogP contribution in [0.25, 0.3) is 16.5 Å². The summed E-state index contributed by atoms with van der Waals surface area (Å²) < 4.78 is 31.1. The number of carbonyl (C=O) groups is 1. The topological polar surface area (TPSA) is 84.3 Å². The number of anilines is 2. The summed E-state index contributed by atoms with van der Waals surface area (Å²) in [6.07, 6.45) is 3.52. The van der Waals surface area contributed by atoms with E-state index in [1.807, 2.05) is 68.6 Å². The predicted octanol–water partition coefficient (Wildman–Crippen LogP) is 5.48. The van der Waals surface area contributed by atoms with Gasteiger partial charge < -0.3 is 5.32 Å². The van der Waals surface area contributed by atoms with Gasteiger partial charge in [-0.25, -0.2) is 13.1 Å². The van der Waals surface area contributed by atoms with Gasteiger partial charge in [-0.1, -0.05) is 48.5 Å². The van der Waals surface area contributed by atoms with Crippen LogP contribution in [0.2, 0.25) is 0 Å². The van der Waals surface area contributed by atoms with E-state index in [1.165, 1.54) is 4.31 Å². The van der Waals surface area contributed by atoms with Gasteiger partial charge in [0.05, 0.1) is 16.3 Å². The van der Waals surface area contributed by atoms with E-state index in [2.05, 4.69) is 10.4 Å². The number of amides is 1. The zero-order chi connectivity index (χ0) is 26.0. The molecule has 0 fully saturated rings. The lowest BCUT2D eigenvalue weighted by Crippen LogP contribution is -2.38. The molecule has 7 nitrogen and oxygen atoms in total. The summed E-state index contributed by atoms with van der Waals surface area (Å²) in [5.41, 5.74) is 3.60. The molecule has 1 heterocycles. The first-order valence-corrected chi connectivity index (χ1v) is 13.3. The first-order valence-electron chi connectivity index (χ1n) is 11.8. The quantitative estimate of drug-likeness (QED) is 0.314. The van der Waals surface area contributed by atoms with Crippen molar-refractivity contribution in [1.29, 1.82) is 0 Å². The van der Waals surface area contributed by atoms with Crippen molar-refractivity contribution >= 4 is 38.1 Å². The maximum absolute atomic E-state index is 14.1. The standard InChI is InChI=1S/C29H26N4O3S/c1-21-8-5-12-27(22(21)2)33(37(35,36)28-13-6-10-23-9-3-4-11-26(23)28)20-29(34)31-24-14-16-25(17-15-24)32-19-7-18-30-32/h3-19H,20H2,1-2H3,(H,31,34). The van der Waals surface area contributed by atoms with E-state index < -0.39 is 15.9 Å². The Balaban J connectivity index is 1.49. The van der Waals surface area contributed by atoms with E-state index in [0.717, 1.165) is 22.2 Å². The third kappa shape index (κ3) is 4.83. The van der Waals surface area contributed by atoms with Crippen LogP contribution in [0.1, 0.15) is 11.1 Å². The van der Waals surface area contributed by atoms with Crippen molar-refractivity contribution in [3.8, 4) is 5.69 Å². The number of carbonyl (C=O) groups excluding carboxylic acids is 1. The molecule has 5 rings (SSSR count). The van der Waals surface area contributed by atoms with E-state index in [4.69, 9.17) is 0 Å². The minimum atomic E-state index is -4.08. The highest BCUT2D eigenvalue weighted by Crippen LogP contribution is 2.32. The molecule has 0 radical (unpaired) electrons. The second-order valence-corrected chi connectivity index (χ2v) is 10.6. The molecule has 0 aliphatic rings. The van der Waals surface area contributed by atoms with Crippen LogP contribution >= 0.6 is 0 Å². The van der Waals surface area contributed by atoms with Crippen molar-refractivity contribution in [2.45, 2.75) is 18.7 Å². The van der Waals surface area contributed by atoms with Crippen LogP contribution in [0, 0.1) is 13.8 Å². The minimum Gasteiger partial charge on any atom is -0.325 e. The van der Waals surface area contributed by atoms with Gasteiger partial charge >= 0.3 is 0 Å². The summed E-state index contributed by atoms with van der Waals surface area (Å²) in [5.74, 6) is -0.448. The molecule has 1 amide bonds. The summed E-state index contributed by atoms with van der Waals surface area (Å²) >= 11 is 0. The smallest absolute Gasteiger partial charge is 0.265 e. The van der Waals surface area contributed by atoms with E-state index >= 15 is 0 Å². The fraction of sp³-hybridized carbons (Fsp3) is 0.103. The summed E-state index contributed by atoms with van der Waals surface area (Å²) in [6.45, 7) is 3.40. The number of sulfonamides is 1. The maximum Gasteiger partial charge on any atom is 0.265 e. The third-order valence-electron chi connectivity index (χ3n) is 6.37. The van der Waals surface area contributed by atoms with Crippen LogP contribution in [0.4, 0.5) is 11.4 Å². The first-order chi connectivity index (χ1) is 17.8.